The van der Waals surface area contributed by atoms with Crippen molar-refractivity contribution in [3.05, 3.63) is 0 Å². The van der Waals surface area contributed by atoms with Crippen molar-refractivity contribution in [1.29, 1.82) is 0 Å². The molecule has 0 aliphatic carbocycles. The van der Waals surface area contributed by atoms with Crippen LogP contribution in [-0.2, 0) is 19.1 Å². The molecule has 2 amide bonds. The summed E-state index contributed by atoms with van der Waals surface area (Å²) in [6.45, 7) is 2.88. The van der Waals surface area contributed by atoms with Crippen molar-refractivity contribution < 1.29 is 19.1 Å². The van der Waals surface area contributed by atoms with Gasteiger partial charge in [-0.1, -0.05) is 103 Å². The van der Waals surface area contributed by atoms with E-state index in [0.717, 1.165) is 38.8 Å². The van der Waals surface area contributed by atoms with E-state index in [-0.39, 0.29) is 11.8 Å². The van der Waals surface area contributed by atoms with Crippen molar-refractivity contribution >= 4 is 11.8 Å². The standard InChI is InChI=1S/C30H60N2O4/c1-35-27-21-25-31-29(33)23-19-17-15-13-11-9-7-5-3-4-6-8-10-12-14-16-18-20-24-30(34)32-26-22-28-36-2/h3-28H2,1-2H3,(H,31,33)(H,32,34). The van der Waals surface area contributed by atoms with Crippen molar-refractivity contribution in [2.75, 3.05) is 40.5 Å². The average Bonchev–Trinajstić information content (AvgIpc) is 2.88. The fourth-order valence-corrected chi connectivity index (χ4v) is 4.46. The van der Waals surface area contributed by atoms with E-state index < -0.39 is 0 Å². The first kappa shape index (κ1) is 34.9. The van der Waals surface area contributed by atoms with E-state index in [2.05, 4.69) is 10.6 Å². The minimum Gasteiger partial charge on any atom is -0.385 e. The molecular formula is C30H60N2O4. The van der Waals surface area contributed by atoms with Gasteiger partial charge in [0.05, 0.1) is 0 Å². The van der Waals surface area contributed by atoms with Gasteiger partial charge >= 0.3 is 0 Å². The van der Waals surface area contributed by atoms with Gasteiger partial charge in [0.25, 0.3) is 0 Å². The average molecular weight is 513 g/mol. The van der Waals surface area contributed by atoms with Crippen LogP contribution in [0.2, 0.25) is 0 Å². The van der Waals surface area contributed by atoms with E-state index in [4.69, 9.17) is 9.47 Å². The predicted molar refractivity (Wildman–Crippen MR) is 151 cm³/mol. The highest BCUT2D eigenvalue weighted by Crippen LogP contribution is 2.14. The number of carbonyl (C=O) groups is 2. The molecular weight excluding hydrogens is 452 g/mol. The normalized spacial score (nSPS) is 11.1. The van der Waals surface area contributed by atoms with Crippen LogP contribution in [0.4, 0.5) is 0 Å². The Hall–Kier alpha value is -1.14. The van der Waals surface area contributed by atoms with Crippen LogP contribution < -0.4 is 10.6 Å². The van der Waals surface area contributed by atoms with E-state index in [1.165, 1.54) is 103 Å². The summed E-state index contributed by atoms with van der Waals surface area (Å²) >= 11 is 0. The van der Waals surface area contributed by atoms with Gasteiger partial charge in [-0.3, -0.25) is 9.59 Å². The largest absolute Gasteiger partial charge is 0.385 e. The molecule has 6 heteroatoms. The molecule has 0 aromatic rings. The number of hydrogen-bond donors (Lipinski definition) is 2. The molecule has 0 saturated carbocycles. The monoisotopic (exact) mass is 512 g/mol. The fraction of sp³-hybridized carbons (Fsp3) is 0.933. The molecule has 0 aliphatic rings. The van der Waals surface area contributed by atoms with Crippen LogP contribution in [0.1, 0.15) is 141 Å². The molecule has 0 spiro atoms. The first-order chi connectivity index (χ1) is 17.7. The van der Waals surface area contributed by atoms with Gasteiger partial charge in [0.15, 0.2) is 0 Å². The third-order valence-electron chi connectivity index (χ3n) is 6.75. The summed E-state index contributed by atoms with van der Waals surface area (Å²) in [6.07, 6.45) is 26.5. The van der Waals surface area contributed by atoms with E-state index >= 15 is 0 Å². The van der Waals surface area contributed by atoms with Crippen molar-refractivity contribution in [3.8, 4) is 0 Å². The predicted octanol–water partition coefficient (Wildman–Crippen LogP) is 7.09. The molecule has 0 aromatic carbocycles. The number of ether oxygens (including phenoxy) is 2. The molecule has 214 valence electrons. The van der Waals surface area contributed by atoms with Crippen LogP contribution in [-0.4, -0.2) is 52.3 Å². The molecule has 0 fully saturated rings. The summed E-state index contributed by atoms with van der Waals surface area (Å²) in [6, 6.07) is 0. The van der Waals surface area contributed by atoms with E-state index in [1.807, 2.05) is 0 Å². The van der Waals surface area contributed by atoms with Crippen molar-refractivity contribution in [3.63, 3.8) is 0 Å². The number of amides is 2. The fourth-order valence-electron chi connectivity index (χ4n) is 4.46. The van der Waals surface area contributed by atoms with E-state index in [1.54, 1.807) is 14.2 Å². The smallest absolute Gasteiger partial charge is 0.219 e. The lowest BCUT2D eigenvalue weighted by Crippen LogP contribution is -2.24. The molecule has 0 radical (unpaired) electrons. The first-order valence-corrected chi connectivity index (χ1v) is 15.2. The Morgan fingerprint density at radius 1 is 0.417 bits per heavy atom. The zero-order chi connectivity index (χ0) is 26.4. The Morgan fingerprint density at radius 2 is 0.667 bits per heavy atom. The van der Waals surface area contributed by atoms with Crippen molar-refractivity contribution in [2.45, 2.75) is 141 Å². The number of rotatable bonds is 29. The summed E-state index contributed by atoms with van der Waals surface area (Å²) in [5.41, 5.74) is 0. The molecule has 2 N–H and O–H groups in total. The van der Waals surface area contributed by atoms with Gasteiger partial charge in [0.2, 0.25) is 11.8 Å². The molecule has 0 unspecified atom stereocenters. The van der Waals surface area contributed by atoms with Crippen LogP contribution in [0.15, 0.2) is 0 Å². The number of hydrogen-bond acceptors (Lipinski definition) is 4. The first-order valence-electron chi connectivity index (χ1n) is 15.2. The van der Waals surface area contributed by atoms with Gasteiger partial charge in [-0.15, -0.1) is 0 Å². The molecule has 6 nitrogen and oxygen atoms in total. The van der Waals surface area contributed by atoms with Crippen LogP contribution in [0.3, 0.4) is 0 Å². The third-order valence-corrected chi connectivity index (χ3v) is 6.75. The molecule has 36 heavy (non-hydrogen) atoms. The van der Waals surface area contributed by atoms with E-state index in [0.29, 0.717) is 26.1 Å². The summed E-state index contributed by atoms with van der Waals surface area (Å²) < 4.78 is 9.96. The maximum Gasteiger partial charge on any atom is 0.219 e. The molecule has 0 atom stereocenters. The Kier molecular flexibility index (Phi) is 29.1. The minimum absolute atomic E-state index is 0.189. The molecule has 0 heterocycles. The van der Waals surface area contributed by atoms with Gasteiger partial charge < -0.3 is 20.1 Å². The molecule has 0 aliphatic heterocycles. The Bertz CT molecular complexity index is 432. The number of unbranched alkanes of at least 4 members (excludes halogenated alkanes) is 17. The van der Waals surface area contributed by atoms with Crippen molar-refractivity contribution in [2.24, 2.45) is 0 Å². The highest BCUT2D eigenvalue weighted by Gasteiger charge is 2.01. The Morgan fingerprint density at radius 3 is 0.917 bits per heavy atom. The number of nitrogens with one attached hydrogen (secondary N) is 2. The van der Waals surface area contributed by atoms with Gasteiger partial charge in [-0.25, -0.2) is 0 Å². The summed E-state index contributed by atoms with van der Waals surface area (Å²) in [4.78, 5) is 23.4. The van der Waals surface area contributed by atoms with Crippen molar-refractivity contribution in [1.82, 2.24) is 10.6 Å². The third kappa shape index (κ3) is 29.1. The molecule has 0 rings (SSSR count). The number of methoxy groups -OCH3 is 2. The molecule has 0 saturated heterocycles. The summed E-state index contributed by atoms with van der Waals surface area (Å²) in [5.74, 6) is 0.378. The van der Waals surface area contributed by atoms with Crippen LogP contribution >= 0.6 is 0 Å². The zero-order valence-corrected chi connectivity index (χ0v) is 24.0. The van der Waals surface area contributed by atoms with Crippen LogP contribution in [0.25, 0.3) is 0 Å². The van der Waals surface area contributed by atoms with E-state index in [9.17, 15) is 9.59 Å². The van der Waals surface area contributed by atoms with Crippen LogP contribution in [0, 0.1) is 0 Å². The lowest BCUT2D eigenvalue weighted by Gasteiger charge is -2.05. The van der Waals surface area contributed by atoms with Gasteiger partial charge in [-0.2, -0.15) is 0 Å². The lowest BCUT2D eigenvalue weighted by molar-refractivity contribution is -0.122. The number of carbonyl (C=O) groups excluding carboxylic acids is 2. The zero-order valence-electron chi connectivity index (χ0n) is 24.0. The SMILES string of the molecule is COCCCNC(=O)CCCCCCCCCCCCCCCCCCCCC(=O)NCCCOC. The Labute approximate surface area is 223 Å². The second-order valence-corrected chi connectivity index (χ2v) is 10.3. The highest BCUT2D eigenvalue weighted by atomic mass is 16.5. The quantitative estimate of drug-likeness (QED) is 0.105. The second kappa shape index (κ2) is 30.1. The molecule has 0 aromatic heterocycles. The minimum atomic E-state index is 0.189. The second-order valence-electron chi connectivity index (χ2n) is 10.3. The Balaban J connectivity index is 3.14. The molecule has 0 bridgehead atoms. The van der Waals surface area contributed by atoms with Gasteiger partial charge in [0.1, 0.15) is 0 Å². The van der Waals surface area contributed by atoms with Gasteiger partial charge in [0, 0.05) is 53.4 Å². The summed E-state index contributed by atoms with van der Waals surface area (Å²) in [7, 11) is 3.38. The van der Waals surface area contributed by atoms with Gasteiger partial charge in [-0.05, 0) is 25.7 Å². The maximum absolute atomic E-state index is 11.7. The van der Waals surface area contributed by atoms with Crippen LogP contribution in [0.5, 0.6) is 0 Å². The lowest BCUT2D eigenvalue weighted by atomic mass is 10.0. The highest BCUT2D eigenvalue weighted by molar-refractivity contribution is 5.76. The topological polar surface area (TPSA) is 76.7 Å². The summed E-state index contributed by atoms with van der Waals surface area (Å²) in [5, 5.41) is 5.91. The maximum atomic E-state index is 11.7.